The molecule has 0 aromatic carbocycles. The van der Waals surface area contributed by atoms with Gasteiger partial charge in [0, 0.05) is 6.20 Å². The largest absolute Gasteiger partial charge is 0.383 e. The summed E-state index contributed by atoms with van der Waals surface area (Å²) < 4.78 is 0. The van der Waals surface area contributed by atoms with Gasteiger partial charge >= 0.3 is 0 Å². The Bertz CT molecular complexity index is 264. The number of halogens is 1. The molecule has 0 saturated carbocycles. The van der Waals surface area contributed by atoms with Crippen LogP contribution in [0.25, 0.3) is 0 Å². The van der Waals surface area contributed by atoms with E-state index in [0.717, 1.165) is 0 Å². The predicted octanol–water partition coefficient (Wildman–Crippen LogP) is 0.683. The van der Waals surface area contributed by atoms with Crippen molar-refractivity contribution in [1.29, 1.82) is 0 Å². The van der Waals surface area contributed by atoms with Crippen molar-refractivity contribution in [1.82, 2.24) is 9.97 Å². The third kappa shape index (κ3) is 2.16. The number of hydrogen-bond donors (Lipinski definition) is 1. The highest BCUT2D eigenvalue weighted by molar-refractivity contribution is 5.97. The van der Waals surface area contributed by atoms with Gasteiger partial charge in [0.2, 0.25) is 0 Å². The van der Waals surface area contributed by atoms with Gasteiger partial charge < -0.3 is 5.73 Å². The van der Waals surface area contributed by atoms with E-state index in [1.165, 1.54) is 19.4 Å². The molecule has 0 unspecified atom stereocenters. The molecule has 60 valence electrons. The van der Waals surface area contributed by atoms with Gasteiger partial charge in [0.15, 0.2) is 5.78 Å². The van der Waals surface area contributed by atoms with Crippen LogP contribution in [0.3, 0.4) is 0 Å². The van der Waals surface area contributed by atoms with Gasteiger partial charge in [-0.2, -0.15) is 0 Å². The summed E-state index contributed by atoms with van der Waals surface area (Å²) in [5.74, 6) is 0.126. The minimum atomic E-state index is -0.113. The fourth-order valence-electron chi connectivity index (χ4n) is 0.610. The predicted molar refractivity (Wildman–Crippen MR) is 43.7 cm³/mol. The first kappa shape index (κ1) is 9.84. The molecular weight excluding hydrogens is 166 g/mol. The summed E-state index contributed by atoms with van der Waals surface area (Å²) in [4.78, 5) is 18.0. The van der Waals surface area contributed by atoms with Gasteiger partial charge in [0.05, 0.1) is 5.56 Å². The van der Waals surface area contributed by atoms with E-state index in [9.17, 15) is 4.79 Å². The number of rotatable bonds is 1. The molecule has 1 heterocycles. The Hall–Kier alpha value is -1.16. The number of aromatic nitrogens is 2. The molecule has 4 nitrogen and oxygen atoms in total. The van der Waals surface area contributed by atoms with E-state index in [0.29, 0.717) is 5.56 Å². The van der Waals surface area contributed by atoms with Crippen LogP contribution in [-0.2, 0) is 0 Å². The lowest BCUT2D eigenvalue weighted by Crippen LogP contribution is -2.02. The van der Waals surface area contributed by atoms with Crippen molar-refractivity contribution < 1.29 is 4.79 Å². The topological polar surface area (TPSA) is 68.9 Å². The number of nitrogen functional groups attached to an aromatic ring is 1. The van der Waals surface area contributed by atoms with E-state index >= 15 is 0 Å². The van der Waals surface area contributed by atoms with Gasteiger partial charge in [0.1, 0.15) is 12.1 Å². The molecule has 0 bridgehead atoms. The van der Waals surface area contributed by atoms with E-state index in [2.05, 4.69) is 9.97 Å². The Balaban J connectivity index is 0.000001000. The van der Waals surface area contributed by atoms with Gasteiger partial charge in [-0.05, 0) is 6.92 Å². The Kier molecular flexibility index (Phi) is 3.47. The first-order valence-corrected chi connectivity index (χ1v) is 2.78. The summed E-state index contributed by atoms with van der Waals surface area (Å²) in [5, 5.41) is 0. The zero-order valence-corrected chi connectivity index (χ0v) is 6.76. The summed E-state index contributed by atoms with van der Waals surface area (Å²) in [7, 11) is 0. The molecule has 0 saturated heterocycles. The molecule has 0 aliphatic rings. The Morgan fingerprint density at radius 3 is 2.64 bits per heavy atom. The molecular formula is C6H8ClN3O. The van der Waals surface area contributed by atoms with Crippen molar-refractivity contribution in [2.24, 2.45) is 0 Å². The lowest BCUT2D eigenvalue weighted by Gasteiger charge is -1.95. The van der Waals surface area contributed by atoms with Crippen LogP contribution in [0.5, 0.6) is 0 Å². The van der Waals surface area contributed by atoms with Crippen LogP contribution in [0.15, 0.2) is 12.5 Å². The second-order valence-corrected chi connectivity index (χ2v) is 1.88. The van der Waals surface area contributed by atoms with Crippen molar-refractivity contribution in [3.63, 3.8) is 0 Å². The number of carbonyl (C=O) groups excluding carboxylic acids is 1. The maximum atomic E-state index is 10.7. The van der Waals surface area contributed by atoms with E-state index in [1.54, 1.807) is 0 Å². The Labute approximate surface area is 70.3 Å². The first-order valence-electron chi connectivity index (χ1n) is 2.78. The third-order valence-electron chi connectivity index (χ3n) is 1.12. The lowest BCUT2D eigenvalue weighted by atomic mass is 10.2. The number of nitrogens with zero attached hydrogens (tertiary/aromatic N) is 2. The Morgan fingerprint density at radius 1 is 1.64 bits per heavy atom. The van der Waals surface area contributed by atoms with E-state index < -0.39 is 0 Å². The van der Waals surface area contributed by atoms with Crippen molar-refractivity contribution in [2.75, 3.05) is 5.73 Å². The number of nitrogens with two attached hydrogens (primary N) is 1. The molecule has 0 amide bonds. The number of carbonyl (C=O) groups is 1. The normalized spacial score (nSPS) is 8.45. The fraction of sp³-hybridized carbons (Fsp3) is 0.167. The SMILES string of the molecule is CC(=O)c1cncnc1N.Cl. The highest BCUT2D eigenvalue weighted by Gasteiger charge is 2.03. The second kappa shape index (κ2) is 3.88. The number of ketones is 1. The molecule has 0 aliphatic heterocycles. The van der Waals surface area contributed by atoms with E-state index in [1.807, 2.05) is 0 Å². The maximum Gasteiger partial charge on any atom is 0.165 e. The average Bonchev–Trinajstić information content (AvgIpc) is 1.88. The van der Waals surface area contributed by atoms with Gasteiger partial charge in [0.25, 0.3) is 0 Å². The zero-order chi connectivity index (χ0) is 7.56. The van der Waals surface area contributed by atoms with Crippen LogP contribution in [0.2, 0.25) is 0 Å². The van der Waals surface area contributed by atoms with Gasteiger partial charge in [-0.25, -0.2) is 9.97 Å². The standard InChI is InChI=1S/C6H7N3O.ClH/c1-4(10)5-2-8-3-9-6(5)7;/h2-3H,1H3,(H2,7,8,9);1H. The maximum absolute atomic E-state index is 10.7. The number of anilines is 1. The second-order valence-electron chi connectivity index (χ2n) is 1.88. The molecule has 0 radical (unpaired) electrons. The highest BCUT2D eigenvalue weighted by Crippen LogP contribution is 2.04. The molecule has 2 N–H and O–H groups in total. The summed E-state index contributed by atoms with van der Waals surface area (Å²) in [6.45, 7) is 1.43. The zero-order valence-electron chi connectivity index (χ0n) is 5.94. The summed E-state index contributed by atoms with van der Waals surface area (Å²) in [5.41, 5.74) is 5.73. The quantitative estimate of drug-likeness (QED) is 0.635. The lowest BCUT2D eigenvalue weighted by molar-refractivity contribution is 0.101. The van der Waals surface area contributed by atoms with E-state index in [4.69, 9.17) is 5.73 Å². The number of Topliss-reactive ketones (excluding diaryl/α,β-unsaturated/α-hetero) is 1. The van der Waals surface area contributed by atoms with Crippen molar-refractivity contribution in [3.05, 3.63) is 18.1 Å². The molecule has 0 atom stereocenters. The average molecular weight is 174 g/mol. The molecule has 11 heavy (non-hydrogen) atoms. The molecule has 1 aromatic rings. The smallest absolute Gasteiger partial charge is 0.165 e. The first-order chi connectivity index (χ1) is 4.72. The summed E-state index contributed by atoms with van der Waals surface area (Å²) >= 11 is 0. The molecule has 1 aromatic heterocycles. The third-order valence-corrected chi connectivity index (χ3v) is 1.12. The molecule has 1 rings (SSSR count). The van der Waals surface area contributed by atoms with E-state index in [-0.39, 0.29) is 24.0 Å². The van der Waals surface area contributed by atoms with Crippen molar-refractivity contribution in [2.45, 2.75) is 6.92 Å². The van der Waals surface area contributed by atoms with Crippen molar-refractivity contribution in [3.8, 4) is 0 Å². The summed E-state index contributed by atoms with van der Waals surface area (Å²) in [6.07, 6.45) is 2.71. The molecule has 0 spiro atoms. The van der Waals surface area contributed by atoms with Crippen LogP contribution in [0.1, 0.15) is 17.3 Å². The molecule has 0 aliphatic carbocycles. The molecule has 5 heteroatoms. The van der Waals surface area contributed by atoms with Crippen LogP contribution in [0.4, 0.5) is 5.82 Å². The van der Waals surface area contributed by atoms with Crippen LogP contribution >= 0.6 is 12.4 Å². The van der Waals surface area contributed by atoms with Gasteiger partial charge in [-0.3, -0.25) is 4.79 Å². The minimum Gasteiger partial charge on any atom is -0.383 e. The number of hydrogen-bond acceptors (Lipinski definition) is 4. The highest BCUT2D eigenvalue weighted by atomic mass is 35.5. The molecule has 0 fully saturated rings. The van der Waals surface area contributed by atoms with Crippen LogP contribution in [-0.4, -0.2) is 15.8 Å². The summed E-state index contributed by atoms with van der Waals surface area (Å²) in [6, 6.07) is 0. The van der Waals surface area contributed by atoms with Crippen LogP contribution < -0.4 is 5.73 Å². The Morgan fingerprint density at radius 2 is 2.27 bits per heavy atom. The fourth-order valence-corrected chi connectivity index (χ4v) is 0.610. The van der Waals surface area contributed by atoms with Gasteiger partial charge in [-0.1, -0.05) is 0 Å². The minimum absolute atomic E-state index is 0. The van der Waals surface area contributed by atoms with Crippen molar-refractivity contribution >= 4 is 24.0 Å². The monoisotopic (exact) mass is 173 g/mol. The van der Waals surface area contributed by atoms with Gasteiger partial charge in [-0.15, -0.1) is 12.4 Å². The van der Waals surface area contributed by atoms with Crippen LogP contribution in [0, 0.1) is 0 Å².